The Morgan fingerprint density at radius 3 is 2.54 bits per heavy atom. The van der Waals surface area contributed by atoms with Gasteiger partial charge in [0.1, 0.15) is 11.5 Å². The van der Waals surface area contributed by atoms with Crippen molar-refractivity contribution in [2.45, 2.75) is 34.1 Å². The molecular formula is C10H16N2O. The molecule has 13 heavy (non-hydrogen) atoms. The van der Waals surface area contributed by atoms with Crippen LogP contribution in [-0.2, 0) is 6.42 Å². The molecule has 3 heteroatoms. The number of imidazole rings is 1. The van der Waals surface area contributed by atoms with Crippen LogP contribution in [0.15, 0.2) is 6.20 Å². The van der Waals surface area contributed by atoms with E-state index in [4.69, 9.17) is 0 Å². The maximum absolute atomic E-state index is 11.0. The van der Waals surface area contributed by atoms with E-state index in [0.29, 0.717) is 5.69 Å². The van der Waals surface area contributed by atoms with Crippen LogP contribution in [-0.4, -0.2) is 15.8 Å². The summed E-state index contributed by atoms with van der Waals surface area (Å²) in [6.45, 7) is 7.96. The average molecular weight is 180 g/mol. The molecule has 0 saturated carbocycles. The standard InChI is InChI=1S/C10H16N2O/c1-7(13)8-6-11-9(12-8)5-10(2,3)4/h6H,5H2,1-4H3,(H,11,12). The first-order valence-electron chi connectivity index (χ1n) is 4.43. The third kappa shape index (κ3) is 3.01. The number of carbonyl (C=O) groups is 1. The highest BCUT2D eigenvalue weighted by Gasteiger charge is 2.14. The Hall–Kier alpha value is -1.12. The number of hydrogen-bond acceptors (Lipinski definition) is 2. The molecule has 1 aromatic heterocycles. The van der Waals surface area contributed by atoms with E-state index in [1.807, 2.05) is 0 Å². The smallest absolute Gasteiger partial charge is 0.177 e. The molecule has 1 rings (SSSR count). The molecule has 1 N–H and O–H groups in total. The fourth-order valence-electron chi connectivity index (χ4n) is 1.13. The van der Waals surface area contributed by atoms with Crippen molar-refractivity contribution in [2.24, 2.45) is 5.41 Å². The van der Waals surface area contributed by atoms with Crippen molar-refractivity contribution in [1.29, 1.82) is 0 Å². The normalized spacial score (nSPS) is 11.7. The predicted molar refractivity (Wildman–Crippen MR) is 51.8 cm³/mol. The third-order valence-corrected chi connectivity index (χ3v) is 1.71. The van der Waals surface area contributed by atoms with Crippen LogP contribution in [0.1, 0.15) is 44.0 Å². The van der Waals surface area contributed by atoms with Gasteiger partial charge in [-0.25, -0.2) is 4.98 Å². The first kappa shape index (κ1) is 9.96. The van der Waals surface area contributed by atoms with Gasteiger partial charge in [-0.3, -0.25) is 4.79 Å². The zero-order chi connectivity index (χ0) is 10.1. The Morgan fingerprint density at radius 1 is 1.54 bits per heavy atom. The number of rotatable bonds is 2. The lowest BCUT2D eigenvalue weighted by Gasteiger charge is -2.15. The number of H-pyrrole nitrogens is 1. The molecule has 0 aliphatic heterocycles. The number of carbonyl (C=O) groups excluding carboxylic acids is 1. The molecule has 0 spiro atoms. The van der Waals surface area contributed by atoms with E-state index in [-0.39, 0.29) is 11.2 Å². The van der Waals surface area contributed by atoms with E-state index >= 15 is 0 Å². The Bertz CT molecular complexity index is 307. The van der Waals surface area contributed by atoms with E-state index < -0.39 is 0 Å². The van der Waals surface area contributed by atoms with Gasteiger partial charge in [-0.2, -0.15) is 0 Å². The summed E-state index contributed by atoms with van der Waals surface area (Å²) in [5.41, 5.74) is 0.797. The SMILES string of the molecule is CC(=O)c1cnc(CC(C)(C)C)[nH]1. The summed E-state index contributed by atoms with van der Waals surface area (Å²) in [5.74, 6) is 0.922. The van der Waals surface area contributed by atoms with Crippen molar-refractivity contribution in [3.63, 3.8) is 0 Å². The molecule has 0 bridgehead atoms. The first-order chi connectivity index (χ1) is 5.88. The second-order valence-corrected chi connectivity index (χ2v) is 4.54. The van der Waals surface area contributed by atoms with Gasteiger partial charge in [0.2, 0.25) is 0 Å². The van der Waals surface area contributed by atoms with Crippen LogP contribution in [0.4, 0.5) is 0 Å². The number of aromatic amines is 1. The lowest BCUT2D eigenvalue weighted by molar-refractivity contribution is 0.101. The quantitative estimate of drug-likeness (QED) is 0.709. The lowest BCUT2D eigenvalue weighted by atomic mass is 9.92. The van der Waals surface area contributed by atoms with Gasteiger partial charge in [-0.15, -0.1) is 0 Å². The molecule has 0 aliphatic rings. The van der Waals surface area contributed by atoms with Gasteiger partial charge >= 0.3 is 0 Å². The summed E-state index contributed by atoms with van der Waals surface area (Å²) in [6, 6.07) is 0. The number of aromatic nitrogens is 2. The largest absolute Gasteiger partial charge is 0.340 e. The summed E-state index contributed by atoms with van der Waals surface area (Å²) in [7, 11) is 0. The van der Waals surface area contributed by atoms with Crippen LogP contribution in [0.25, 0.3) is 0 Å². The lowest BCUT2D eigenvalue weighted by Crippen LogP contribution is -2.10. The van der Waals surface area contributed by atoms with Crippen LogP contribution in [0.2, 0.25) is 0 Å². The van der Waals surface area contributed by atoms with E-state index in [9.17, 15) is 4.79 Å². The van der Waals surface area contributed by atoms with Gasteiger partial charge < -0.3 is 4.98 Å². The van der Waals surface area contributed by atoms with Crippen LogP contribution in [0, 0.1) is 5.41 Å². The minimum absolute atomic E-state index is 0.0349. The molecule has 72 valence electrons. The van der Waals surface area contributed by atoms with Crippen LogP contribution < -0.4 is 0 Å². The highest BCUT2D eigenvalue weighted by molar-refractivity contribution is 5.91. The van der Waals surface area contributed by atoms with Gasteiger partial charge in [-0.1, -0.05) is 20.8 Å². The highest BCUT2D eigenvalue weighted by Crippen LogP contribution is 2.18. The number of hydrogen-bond donors (Lipinski definition) is 1. The summed E-state index contributed by atoms with van der Waals surface area (Å²) in [6.07, 6.45) is 2.46. The van der Waals surface area contributed by atoms with Gasteiger partial charge in [0.15, 0.2) is 5.78 Å². The molecule has 3 nitrogen and oxygen atoms in total. The summed E-state index contributed by atoms with van der Waals surface area (Å²) < 4.78 is 0. The number of ketones is 1. The molecule has 0 fully saturated rings. The molecule has 0 unspecified atom stereocenters. The van der Waals surface area contributed by atoms with Gasteiger partial charge in [0, 0.05) is 13.3 Å². The van der Waals surface area contributed by atoms with Crippen molar-refractivity contribution < 1.29 is 4.79 Å². The Kier molecular flexibility index (Phi) is 2.55. The van der Waals surface area contributed by atoms with Gasteiger partial charge in [0.05, 0.1) is 6.20 Å². The van der Waals surface area contributed by atoms with Crippen molar-refractivity contribution in [3.8, 4) is 0 Å². The van der Waals surface area contributed by atoms with E-state index in [1.165, 1.54) is 6.92 Å². The zero-order valence-corrected chi connectivity index (χ0v) is 8.64. The summed E-state index contributed by atoms with van der Waals surface area (Å²) in [4.78, 5) is 18.1. The van der Waals surface area contributed by atoms with Crippen molar-refractivity contribution >= 4 is 5.78 Å². The van der Waals surface area contributed by atoms with Crippen molar-refractivity contribution in [1.82, 2.24) is 9.97 Å². The Labute approximate surface area is 78.6 Å². The summed E-state index contributed by atoms with van der Waals surface area (Å²) >= 11 is 0. The molecular weight excluding hydrogens is 164 g/mol. The molecule has 0 radical (unpaired) electrons. The number of nitrogens with one attached hydrogen (secondary N) is 1. The predicted octanol–water partition coefficient (Wildman–Crippen LogP) is 2.20. The molecule has 0 amide bonds. The minimum Gasteiger partial charge on any atom is -0.340 e. The summed E-state index contributed by atoms with van der Waals surface area (Å²) in [5, 5.41) is 0. The van der Waals surface area contributed by atoms with Crippen LogP contribution in [0.3, 0.4) is 0 Å². The van der Waals surface area contributed by atoms with Gasteiger partial charge in [0.25, 0.3) is 0 Å². The average Bonchev–Trinajstić information content (AvgIpc) is 2.31. The zero-order valence-electron chi connectivity index (χ0n) is 8.64. The maximum Gasteiger partial charge on any atom is 0.177 e. The number of Topliss-reactive ketones (excluding diaryl/α,β-unsaturated/α-hetero) is 1. The highest BCUT2D eigenvalue weighted by atomic mass is 16.1. The molecule has 1 aromatic rings. The van der Waals surface area contributed by atoms with E-state index in [2.05, 4.69) is 30.7 Å². The third-order valence-electron chi connectivity index (χ3n) is 1.71. The molecule has 0 aromatic carbocycles. The second kappa shape index (κ2) is 3.32. The second-order valence-electron chi connectivity index (χ2n) is 4.54. The van der Waals surface area contributed by atoms with Crippen LogP contribution >= 0.6 is 0 Å². The van der Waals surface area contributed by atoms with E-state index in [1.54, 1.807) is 6.20 Å². The molecule has 0 aliphatic carbocycles. The first-order valence-corrected chi connectivity index (χ1v) is 4.43. The molecule has 1 heterocycles. The van der Waals surface area contributed by atoms with Crippen LogP contribution in [0.5, 0.6) is 0 Å². The Balaban J connectivity index is 2.75. The minimum atomic E-state index is 0.0349. The molecule has 0 saturated heterocycles. The fourth-order valence-corrected chi connectivity index (χ4v) is 1.13. The maximum atomic E-state index is 11.0. The van der Waals surface area contributed by atoms with Gasteiger partial charge in [-0.05, 0) is 5.41 Å². The topological polar surface area (TPSA) is 45.8 Å². The monoisotopic (exact) mass is 180 g/mol. The number of nitrogens with zero attached hydrogens (tertiary/aromatic N) is 1. The fraction of sp³-hybridized carbons (Fsp3) is 0.600. The molecule has 0 atom stereocenters. The van der Waals surface area contributed by atoms with Crippen molar-refractivity contribution in [3.05, 3.63) is 17.7 Å². The van der Waals surface area contributed by atoms with Crippen molar-refractivity contribution in [2.75, 3.05) is 0 Å². The van der Waals surface area contributed by atoms with E-state index in [0.717, 1.165) is 12.2 Å². The Morgan fingerprint density at radius 2 is 2.15 bits per heavy atom.